The SMILES string of the molecule is CCc1noc([C@H]2CCC(=O)N(CCN(C)C)C2)n1. The maximum Gasteiger partial charge on any atom is 0.231 e. The van der Waals surface area contributed by atoms with Gasteiger partial charge < -0.3 is 14.3 Å². The van der Waals surface area contributed by atoms with Gasteiger partial charge in [0.1, 0.15) is 0 Å². The second kappa shape index (κ2) is 6.14. The van der Waals surface area contributed by atoms with Crippen molar-refractivity contribution in [3.63, 3.8) is 0 Å². The van der Waals surface area contributed by atoms with Gasteiger partial charge in [-0.15, -0.1) is 0 Å². The van der Waals surface area contributed by atoms with Gasteiger partial charge >= 0.3 is 0 Å². The fourth-order valence-electron chi connectivity index (χ4n) is 2.23. The third-order valence-electron chi connectivity index (χ3n) is 3.47. The van der Waals surface area contributed by atoms with E-state index in [1.165, 1.54) is 0 Å². The van der Waals surface area contributed by atoms with Crippen LogP contribution >= 0.6 is 0 Å². The van der Waals surface area contributed by atoms with Gasteiger partial charge in [-0.25, -0.2) is 0 Å². The summed E-state index contributed by atoms with van der Waals surface area (Å²) in [6.45, 7) is 4.33. The smallest absolute Gasteiger partial charge is 0.231 e. The zero-order valence-corrected chi connectivity index (χ0v) is 11.9. The maximum atomic E-state index is 11.9. The van der Waals surface area contributed by atoms with E-state index in [9.17, 15) is 4.79 Å². The van der Waals surface area contributed by atoms with Crippen LogP contribution in [-0.4, -0.2) is 59.6 Å². The molecule has 1 aromatic rings. The highest BCUT2D eigenvalue weighted by Crippen LogP contribution is 2.26. The minimum absolute atomic E-state index is 0.188. The molecular weight excluding hydrogens is 244 g/mol. The van der Waals surface area contributed by atoms with Gasteiger partial charge in [0.2, 0.25) is 11.8 Å². The molecule has 0 bridgehead atoms. The van der Waals surface area contributed by atoms with Crippen molar-refractivity contribution in [2.24, 2.45) is 0 Å². The summed E-state index contributed by atoms with van der Waals surface area (Å²) in [7, 11) is 4.02. The highest BCUT2D eigenvalue weighted by Gasteiger charge is 2.29. The molecule has 6 nitrogen and oxygen atoms in total. The van der Waals surface area contributed by atoms with Crippen molar-refractivity contribution in [3.05, 3.63) is 11.7 Å². The standard InChI is InChI=1S/C13H22N4O2/c1-4-11-14-13(19-15-11)10-5-6-12(18)17(9-10)8-7-16(2)3/h10H,4-9H2,1-3H3/t10-/m0/s1. The molecule has 0 radical (unpaired) electrons. The summed E-state index contributed by atoms with van der Waals surface area (Å²) in [4.78, 5) is 20.3. The van der Waals surface area contributed by atoms with Crippen molar-refractivity contribution < 1.29 is 9.32 Å². The summed E-state index contributed by atoms with van der Waals surface area (Å²) in [5, 5.41) is 3.93. The molecule has 1 saturated heterocycles. The Kier molecular flexibility index (Phi) is 4.52. The maximum absolute atomic E-state index is 11.9. The first-order valence-corrected chi connectivity index (χ1v) is 6.85. The van der Waals surface area contributed by atoms with Crippen LogP contribution in [-0.2, 0) is 11.2 Å². The molecule has 2 heterocycles. The van der Waals surface area contributed by atoms with E-state index in [4.69, 9.17) is 4.52 Å². The fourth-order valence-corrected chi connectivity index (χ4v) is 2.23. The second-order valence-electron chi connectivity index (χ2n) is 5.28. The number of aryl methyl sites for hydroxylation is 1. The van der Waals surface area contributed by atoms with Gasteiger partial charge in [-0.2, -0.15) is 4.98 Å². The van der Waals surface area contributed by atoms with E-state index in [0.29, 0.717) is 18.9 Å². The van der Waals surface area contributed by atoms with Crippen molar-refractivity contribution in [3.8, 4) is 0 Å². The van der Waals surface area contributed by atoms with E-state index < -0.39 is 0 Å². The van der Waals surface area contributed by atoms with Crippen LogP contribution in [0.1, 0.15) is 37.4 Å². The Balaban J connectivity index is 1.98. The Morgan fingerprint density at radius 2 is 2.26 bits per heavy atom. The van der Waals surface area contributed by atoms with Crippen LogP contribution in [0.4, 0.5) is 0 Å². The summed E-state index contributed by atoms with van der Waals surface area (Å²) in [5.41, 5.74) is 0. The molecular formula is C13H22N4O2. The van der Waals surface area contributed by atoms with Crippen molar-refractivity contribution >= 4 is 5.91 Å². The summed E-state index contributed by atoms with van der Waals surface area (Å²) in [6, 6.07) is 0. The lowest BCUT2D eigenvalue weighted by Gasteiger charge is -2.31. The normalized spacial score (nSPS) is 20.3. The fraction of sp³-hybridized carbons (Fsp3) is 0.769. The molecule has 0 spiro atoms. The first-order chi connectivity index (χ1) is 9.10. The predicted octanol–water partition coefficient (Wildman–Crippen LogP) is 0.900. The number of rotatable bonds is 5. The van der Waals surface area contributed by atoms with E-state index in [1.807, 2.05) is 25.9 Å². The lowest BCUT2D eigenvalue weighted by atomic mass is 9.97. The Hall–Kier alpha value is -1.43. The zero-order chi connectivity index (χ0) is 13.8. The quantitative estimate of drug-likeness (QED) is 0.792. The van der Waals surface area contributed by atoms with Gasteiger partial charge in [0.25, 0.3) is 0 Å². The summed E-state index contributed by atoms with van der Waals surface area (Å²) >= 11 is 0. The van der Waals surface area contributed by atoms with Gasteiger partial charge in [-0.1, -0.05) is 12.1 Å². The molecule has 1 aliphatic heterocycles. The molecule has 0 N–H and O–H groups in total. The lowest BCUT2D eigenvalue weighted by Crippen LogP contribution is -2.42. The number of piperidine rings is 1. The summed E-state index contributed by atoms with van der Waals surface area (Å²) in [5.74, 6) is 1.84. The molecule has 1 fully saturated rings. The van der Waals surface area contributed by atoms with Crippen LogP contribution in [0.15, 0.2) is 4.52 Å². The van der Waals surface area contributed by atoms with Crippen LogP contribution in [0.5, 0.6) is 0 Å². The van der Waals surface area contributed by atoms with Gasteiger partial charge in [0, 0.05) is 32.5 Å². The Labute approximate surface area is 113 Å². The monoisotopic (exact) mass is 266 g/mol. The van der Waals surface area contributed by atoms with Gasteiger partial charge in [0.15, 0.2) is 5.82 Å². The Morgan fingerprint density at radius 1 is 1.47 bits per heavy atom. The minimum atomic E-state index is 0.188. The first kappa shape index (κ1) is 14.0. The number of amides is 1. The molecule has 106 valence electrons. The van der Waals surface area contributed by atoms with Crippen LogP contribution in [0.25, 0.3) is 0 Å². The minimum Gasteiger partial charge on any atom is -0.341 e. The molecule has 1 aromatic heterocycles. The third-order valence-corrected chi connectivity index (χ3v) is 3.47. The van der Waals surface area contributed by atoms with Crippen LogP contribution < -0.4 is 0 Å². The van der Waals surface area contributed by atoms with E-state index in [2.05, 4.69) is 15.0 Å². The molecule has 0 unspecified atom stereocenters. The number of likely N-dealkylation sites (N-methyl/N-ethyl adjacent to an activating group) is 1. The molecule has 1 atom stereocenters. The van der Waals surface area contributed by atoms with E-state index in [0.717, 1.165) is 31.8 Å². The predicted molar refractivity (Wildman–Crippen MR) is 70.8 cm³/mol. The summed E-state index contributed by atoms with van der Waals surface area (Å²) < 4.78 is 5.29. The molecule has 0 aromatic carbocycles. The van der Waals surface area contributed by atoms with E-state index in [1.54, 1.807) is 0 Å². The number of aromatic nitrogens is 2. The molecule has 0 saturated carbocycles. The first-order valence-electron chi connectivity index (χ1n) is 6.85. The van der Waals surface area contributed by atoms with E-state index in [-0.39, 0.29) is 11.8 Å². The molecule has 0 aliphatic carbocycles. The Bertz CT molecular complexity index is 430. The lowest BCUT2D eigenvalue weighted by molar-refractivity contribution is -0.134. The number of hydrogen-bond acceptors (Lipinski definition) is 5. The van der Waals surface area contributed by atoms with Crippen LogP contribution in [0.2, 0.25) is 0 Å². The van der Waals surface area contributed by atoms with Crippen molar-refractivity contribution in [2.45, 2.75) is 32.1 Å². The highest BCUT2D eigenvalue weighted by molar-refractivity contribution is 5.77. The van der Waals surface area contributed by atoms with Crippen molar-refractivity contribution in [1.29, 1.82) is 0 Å². The largest absolute Gasteiger partial charge is 0.341 e. The molecule has 19 heavy (non-hydrogen) atoms. The van der Waals surface area contributed by atoms with Gasteiger partial charge in [-0.05, 0) is 20.5 Å². The summed E-state index contributed by atoms with van der Waals surface area (Å²) in [6.07, 6.45) is 2.16. The average Bonchev–Trinajstić information content (AvgIpc) is 2.86. The number of carbonyl (C=O) groups excluding carboxylic acids is 1. The molecule has 2 rings (SSSR count). The highest BCUT2D eigenvalue weighted by atomic mass is 16.5. The zero-order valence-electron chi connectivity index (χ0n) is 11.9. The number of likely N-dealkylation sites (tertiary alicyclic amines) is 1. The topological polar surface area (TPSA) is 62.5 Å². The number of hydrogen-bond donors (Lipinski definition) is 0. The van der Waals surface area contributed by atoms with Crippen LogP contribution in [0, 0.1) is 0 Å². The third kappa shape index (κ3) is 3.53. The van der Waals surface area contributed by atoms with Gasteiger partial charge in [0.05, 0.1) is 5.92 Å². The van der Waals surface area contributed by atoms with Crippen molar-refractivity contribution in [1.82, 2.24) is 19.9 Å². The molecule has 1 aliphatic rings. The number of carbonyl (C=O) groups is 1. The van der Waals surface area contributed by atoms with Crippen LogP contribution in [0.3, 0.4) is 0 Å². The van der Waals surface area contributed by atoms with E-state index >= 15 is 0 Å². The van der Waals surface area contributed by atoms with Crippen molar-refractivity contribution in [2.75, 3.05) is 33.7 Å². The Morgan fingerprint density at radius 3 is 2.89 bits per heavy atom. The van der Waals surface area contributed by atoms with Gasteiger partial charge in [-0.3, -0.25) is 4.79 Å². The molecule has 1 amide bonds. The second-order valence-corrected chi connectivity index (χ2v) is 5.28. The average molecular weight is 266 g/mol. The number of nitrogens with zero attached hydrogens (tertiary/aromatic N) is 4. The molecule has 6 heteroatoms.